The second-order valence-electron chi connectivity index (χ2n) is 5.87. The lowest BCUT2D eigenvalue weighted by Gasteiger charge is -2.14. The van der Waals surface area contributed by atoms with Gasteiger partial charge in [0.15, 0.2) is 5.78 Å². The van der Waals surface area contributed by atoms with Crippen molar-refractivity contribution < 1.29 is 14.0 Å². The third kappa shape index (κ3) is 3.77. The summed E-state index contributed by atoms with van der Waals surface area (Å²) in [5, 5.41) is 2.62. The molecular weight excluding hydrogens is 349 g/mol. The van der Waals surface area contributed by atoms with Gasteiger partial charge >= 0.3 is 0 Å². The average molecular weight is 365 g/mol. The summed E-state index contributed by atoms with van der Waals surface area (Å²) in [5.41, 5.74) is 6.94. The van der Waals surface area contributed by atoms with Crippen LogP contribution < -0.4 is 16.6 Å². The number of aromatic nitrogens is 1. The normalized spacial score (nSPS) is 10.4. The molecule has 1 heterocycles. The Morgan fingerprint density at radius 3 is 2.41 bits per heavy atom. The minimum atomic E-state index is -0.459. The van der Waals surface area contributed by atoms with E-state index in [1.165, 1.54) is 47.9 Å². The van der Waals surface area contributed by atoms with Crippen LogP contribution in [0.3, 0.4) is 0 Å². The second-order valence-corrected chi connectivity index (χ2v) is 5.87. The molecule has 2 aromatic carbocycles. The molecule has 27 heavy (non-hydrogen) atoms. The highest BCUT2D eigenvalue weighted by molar-refractivity contribution is 6.11. The van der Waals surface area contributed by atoms with E-state index in [0.29, 0.717) is 11.4 Å². The number of halogens is 1. The van der Waals surface area contributed by atoms with Crippen molar-refractivity contribution in [3.8, 4) is 5.69 Å². The molecule has 1 amide bonds. The Bertz CT molecular complexity index is 1090. The number of carbonyl (C=O) groups excluding carboxylic acids is 2. The fourth-order valence-electron chi connectivity index (χ4n) is 2.69. The Labute approximate surface area is 154 Å². The van der Waals surface area contributed by atoms with E-state index in [4.69, 9.17) is 5.73 Å². The zero-order valence-electron chi connectivity index (χ0n) is 14.4. The Hall–Kier alpha value is -3.74. The standard InChI is InChI=1S/C20H16FN3O3/c1-12(25)23-15-3-2-4-16(11-15)24-18(26)10-9-17(20(24)22)19(27)13-5-7-14(21)8-6-13/h2-11H,22H2,1H3,(H,23,25). The summed E-state index contributed by atoms with van der Waals surface area (Å²) < 4.78 is 14.3. The number of nitrogens with zero attached hydrogens (tertiary/aromatic N) is 1. The molecule has 0 fully saturated rings. The highest BCUT2D eigenvalue weighted by atomic mass is 19.1. The van der Waals surface area contributed by atoms with Gasteiger partial charge < -0.3 is 11.1 Å². The highest BCUT2D eigenvalue weighted by Crippen LogP contribution is 2.21. The molecule has 0 spiro atoms. The summed E-state index contributed by atoms with van der Waals surface area (Å²) in [6, 6.07) is 14.2. The van der Waals surface area contributed by atoms with Crippen molar-refractivity contribution >= 4 is 23.2 Å². The molecule has 0 saturated heterocycles. The second kappa shape index (κ2) is 7.25. The van der Waals surface area contributed by atoms with Gasteiger partial charge in [0.25, 0.3) is 5.56 Å². The van der Waals surface area contributed by atoms with Crippen LogP contribution in [0.2, 0.25) is 0 Å². The van der Waals surface area contributed by atoms with E-state index in [2.05, 4.69) is 5.32 Å². The zero-order chi connectivity index (χ0) is 19.6. The lowest BCUT2D eigenvalue weighted by atomic mass is 10.0. The van der Waals surface area contributed by atoms with E-state index < -0.39 is 17.2 Å². The molecule has 0 aliphatic heterocycles. The Morgan fingerprint density at radius 1 is 1.04 bits per heavy atom. The number of carbonyl (C=O) groups is 2. The van der Waals surface area contributed by atoms with Crippen LogP contribution in [0.15, 0.2) is 65.5 Å². The van der Waals surface area contributed by atoms with Gasteiger partial charge in [0, 0.05) is 24.2 Å². The number of nitrogens with two attached hydrogens (primary N) is 1. The quantitative estimate of drug-likeness (QED) is 0.695. The van der Waals surface area contributed by atoms with Gasteiger partial charge in [-0.05, 0) is 48.5 Å². The van der Waals surface area contributed by atoms with Crippen molar-refractivity contribution in [1.29, 1.82) is 0 Å². The van der Waals surface area contributed by atoms with E-state index in [9.17, 15) is 18.8 Å². The molecule has 0 bridgehead atoms. The Kier molecular flexibility index (Phi) is 4.85. The first kappa shape index (κ1) is 18.1. The van der Waals surface area contributed by atoms with E-state index in [1.54, 1.807) is 24.3 Å². The van der Waals surface area contributed by atoms with Crippen LogP contribution in [0.5, 0.6) is 0 Å². The first-order chi connectivity index (χ1) is 12.9. The molecular formula is C20H16FN3O3. The van der Waals surface area contributed by atoms with Gasteiger partial charge in [0.05, 0.1) is 11.3 Å². The number of ketones is 1. The lowest BCUT2D eigenvalue weighted by Crippen LogP contribution is -2.23. The van der Waals surface area contributed by atoms with Crippen molar-refractivity contribution in [1.82, 2.24) is 4.57 Å². The Morgan fingerprint density at radius 2 is 1.74 bits per heavy atom. The van der Waals surface area contributed by atoms with Crippen LogP contribution in [-0.4, -0.2) is 16.3 Å². The molecule has 7 heteroatoms. The average Bonchev–Trinajstić information content (AvgIpc) is 2.62. The Balaban J connectivity index is 2.09. The van der Waals surface area contributed by atoms with Crippen molar-refractivity contribution in [2.24, 2.45) is 0 Å². The highest BCUT2D eigenvalue weighted by Gasteiger charge is 2.17. The molecule has 3 aromatic rings. The van der Waals surface area contributed by atoms with Gasteiger partial charge in [-0.2, -0.15) is 0 Å². The number of pyridine rings is 1. The molecule has 0 radical (unpaired) electrons. The monoisotopic (exact) mass is 365 g/mol. The number of nitrogen functional groups attached to an aromatic ring is 1. The number of hydrogen-bond acceptors (Lipinski definition) is 4. The van der Waals surface area contributed by atoms with Gasteiger partial charge in [-0.15, -0.1) is 0 Å². The summed E-state index contributed by atoms with van der Waals surface area (Å²) in [5.74, 6) is -1.19. The molecule has 3 N–H and O–H groups in total. The van der Waals surface area contributed by atoms with Crippen molar-refractivity contribution in [3.05, 3.63) is 88.0 Å². The van der Waals surface area contributed by atoms with Crippen molar-refractivity contribution in [2.75, 3.05) is 11.1 Å². The van der Waals surface area contributed by atoms with Crippen LogP contribution in [0.1, 0.15) is 22.8 Å². The number of amides is 1. The number of rotatable bonds is 4. The topological polar surface area (TPSA) is 94.2 Å². The molecule has 0 aliphatic rings. The maximum absolute atomic E-state index is 13.1. The maximum Gasteiger partial charge on any atom is 0.256 e. The third-order valence-electron chi connectivity index (χ3n) is 3.91. The molecule has 136 valence electrons. The van der Waals surface area contributed by atoms with Crippen LogP contribution in [0.25, 0.3) is 5.69 Å². The minimum absolute atomic E-state index is 0.0446. The van der Waals surface area contributed by atoms with Crippen LogP contribution in [0, 0.1) is 5.82 Å². The molecule has 6 nitrogen and oxygen atoms in total. The van der Waals surface area contributed by atoms with Gasteiger partial charge in [-0.3, -0.25) is 19.0 Å². The summed E-state index contributed by atoms with van der Waals surface area (Å²) in [4.78, 5) is 36.3. The van der Waals surface area contributed by atoms with Gasteiger partial charge in [0.1, 0.15) is 11.6 Å². The predicted molar refractivity (Wildman–Crippen MR) is 101 cm³/mol. The van der Waals surface area contributed by atoms with Crippen molar-refractivity contribution in [3.63, 3.8) is 0 Å². The van der Waals surface area contributed by atoms with Crippen molar-refractivity contribution in [2.45, 2.75) is 6.92 Å². The van der Waals surface area contributed by atoms with E-state index in [0.717, 1.165) is 0 Å². The molecule has 0 saturated carbocycles. The summed E-state index contributed by atoms with van der Waals surface area (Å²) in [6.07, 6.45) is 0. The lowest BCUT2D eigenvalue weighted by molar-refractivity contribution is -0.114. The summed E-state index contributed by atoms with van der Waals surface area (Å²) in [7, 11) is 0. The van der Waals surface area contributed by atoms with Crippen LogP contribution in [0.4, 0.5) is 15.9 Å². The van der Waals surface area contributed by atoms with Gasteiger partial charge in [-0.1, -0.05) is 6.07 Å². The number of anilines is 2. The van der Waals surface area contributed by atoms with E-state index in [-0.39, 0.29) is 22.9 Å². The number of nitrogens with one attached hydrogen (secondary N) is 1. The molecule has 0 aliphatic carbocycles. The molecule has 3 rings (SSSR count). The number of benzene rings is 2. The van der Waals surface area contributed by atoms with E-state index >= 15 is 0 Å². The zero-order valence-corrected chi connectivity index (χ0v) is 14.4. The molecule has 1 aromatic heterocycles. The fourth-order valence-corrected chi connectivity index (χ4v) is 2.69. The maximum atomic E-state index is 13.1. The van der Waals surface area contributed by atoms with Crippen LogP contribution in [-0.2, 0) is 4.79 Å². The molecule has 0 unspecified atom stereocenters. The van der Waals surface area contributed by atoms with E-state index in [1.807, 2.05) is 0 Å². The first-order valence-corrected chi connectivity index (χ1v) is 8.06. The molecule has 0 atom stereocenters. The summed E-state index contributed by atoms with van der Waals surface area (Å²) in [6.45, 7) is 1.37. The first-order valence-electron chi connectivity index (χ1n) is 8.06. The van der Waals surface area contributed by atoms with Gasteiger partial charge in [0.2, 0.25) is 5.91 Å². The SMILES string of the molecule is CC(=O)Nc1cccc(-n2c(N)c(C(=O)c3ccc(F)cc3)ccc2=O)c1. The minimum Gasteiger partial charge on any atom is -0.384 e. The third-order valence-corrected chi connectivity index (χ3v) is 3.91. The predicted octanol–water partition coefficient (Wildman–Crippen LogP) is 2.75. The smallest absolute Gasteiger partial charge is 0.256 e. The summed E-state index contributed by atoms with van der Waals surface area (Å²) >= 11 is 0. The largest absolute Gasteiger partial charge is 0.384 e. The van der Waals surface area contributed by atoms with Gasteiger partial charge in [-0.25, -0.2) is 4.39 Å². The fraction of sp³-hybridized carbons (Fsp3) is 0.0500. The number of hydrogen-bond donors (Lipinski definition) is 2. The van der Waals surface area contributed by atoms with Crippen LogP contribution >= 0.6 is 0 Å².